The van der Waals surface area contributed by atoms with Crippen molar-refractivity contribution < 1.29 is 28.7 Å². The van der Waals surface area contributed by atoms with Gasteiger partial charge in [-0.25, -0.2) is 19.2 Å². The summed E-state index contributed by atoms with van der Waals surface area (Å²) in [5, 5.41) is 16.9. The van der Waals surface area contributed by atoms with Gasteiger partial charge in [0.1, 0.15) is 27.5 Å². The van der Waals surface area contributed by atoms with Gasteiger partial charge in [-0.05, 0) is 35.6 Å². The van der Waals surface area contributed by atoms with Crippen LogP contribution in [0.5, 0.6) is 0 Å². The molecule has 5 rings (SSSR count). The molecule has 4 N–H and O–H groups in total. The third kappa shape index (κ3) is 5.32. The third-order valence-corrected chi connectivity index (χ3v) is 9.18. The number of halogens is 1. The maximum atomic E-state index is 13.0. The number of hydrogen-bond acceptors (Lipinski definition) is 14. The van der Waals surface area contributed by atoms with E-state index in [1.807, 2.05) is 13.0 Å². The summed E-state index contributed by atoms with van der Waals surface area (Å²) in [6.45, 7) is 0.645. The summed E-state index contributed by atoms with van der Waals surface area (Å²) in [6, 6.07) is 0.824. The van der Waals surface area contributed by atoms with E-state index in [0.29, 0.717) is 5.57 Å². The number of amides is 2. The van der Waals surface area contributed by atoms with E-state index in [9.17, 15) is 23.9 Å². The number of nitrogens with one attached hydrogen (secondary N) is 1. The lowest BCUT2D eigenvalue weighted by molar-refractivity contribution is -0.150. The van der Waals surface area contributed by atoms with Gasteiger partial charge < -0.3 is 21.0 Å². The number of oxime groups is 1. The Morgan fingerprint density at radius 1 is 1.44 bits per heavy atom. The number of aromatic nitrogens is 4. The van der Waals surface area contributed by atoms with Crippen LogP contribution in [-0.4, -0.2) is 76.9 Å². The molecule has 0 aliphatic carbocycles. The number of rotatable bonds is 9. The molecule has 18 heteroatoms. The number of aliphatic carboxylic acids is 1. The number of carboxylic acid groups (broad SMARTS) is 1. The Kier molecular flexibility index (Phi) is 7.78. The van der Waals surface area contributed by atoms with Crippen LogP contribution in [0.3, 0.4) is 0 Å². The van der Waals surface area contributed by atoms with E-state index in [-0.39, 0.29) is 22.4 Å². The number of carbonyl (C=O) groups excluding carboxylic acids is 2. The van der Waals surface area contributed by atoms with Crippen LogP contribution in [0.15, 0.2) is 44.5 Å². The van der Waals surface area contributed by atoms with Crippen LogP contribution < -0.4 is 11.1 Å². The molecule has 202 valence electrons. The molecule has 39 heavy (non-hydrogen) atoms. The molecule has 2 amide bonds. The molecular weight excluding hydrogens is 592 g/mol. The van der Waals surface area contributed by atoms with Gasteiger partial charge in [-0.3, -0.25) is 14.5 Å². The van der Waals surface area contributed by atoms with Gasteiger partial charge in [-0.2, -0.15) is 9.36 Å². The Bertz CT molecular complexity index is 1570. The highest BCUT2D eigenvalue weighted by molar-refractivity contribution is 8.03. The zero-order valence-corrected chi connectivity index (χ0v) is 23.0. The second-order valence-electron chi connectivity index (χ2n) is 7.86. The van der Waals surface area contributed by atoms with E-state index in [1.165, 1.54) is 34.9 Å². The van der Waals surface area contributed by atoms with Gasteiger partial charge in [0.05, 0.1) is 0 Å². The molecule has 0 saturated carbocycles. The van der Waals surface area contributed by atoms with Crippen LogP contribution in [-0.2, 0) is 19.2 Å². The number of fused-ring (bicyclic) bond motifs is 2. The molecule has 1 saturated heterocycles. The predicted octanol–water partition coefficient (Wildman–Crippen LogP) is 2.13. The van der Waals surface area contributed by atoms with Crippen molar-refractivity contribution in [3.8, 4) is 0 Å². The number of allylic oxidation sites excluding steroid dienone is 1. The second-order valence-corrected chi connectivity index (χ2v) is 11.9. The number of pyridine rings is 1. The Labute approximate surface area is 235 Å². The summed E-state index contributed by atoms with van der Waals surface area (Å²) < 4.78 is 17.1. The van der Waals surface area contributed by atoms with Gasteiger partial charge in [0, 0.05) is 23.5 Å². The first-order chi connectivity index (χ1) is 18.8. The Hall–Kier alpha value is -3.61. The smallest absolute Gasteiger partial charge is 0.352 e. The molecule has 2 atom stereocenters. The highest BCUT2D eigenvalue weighted by Crippen LogP contribution is 2.41. The standard InChI is InChI=1S/C21H17FN8O5S4/c1-8-2-4-24-16-10(8)26-21(38-16)36-5-3-9-6-37-18-12(17(32)30(18)13(9)19(33)34)25-15(31)11(28-35-7-22)14-27-20(23)39-29-14/h2-5,12,18H,6-7H2,1H3,(H,25,31)(H,33,34)(H2,23,27,29)/b5-3+,28-11-/t12-,18-/m1/s1. The van der Waals surface area contributed by atoms with Crippen molar-refractivity contribution in [2.45, 2.75) is 22.7 Å². The monoisotopic (exact) mass is 608 g/mol. The van der Waals surface area contributed by atoms with E-state index in [1.54, 1.807) is 17.7 Å². The van der Waals surface area contributed by atoms with E-state index >= 15 is 0 Å². The van der Waals surface area contributed by atoms with Crippen LogP contribution in [0.25, 0.3) is 10.3 Å². The van der Waals surface area contributed by atoms with Gasteiger partial charge in [0.2, 0.25) is 11.5 Å². The molecule has 5 heterocycles. The summed E-state index contributed by atoms with van der Waals surface area (Å²) >= 11 is 4.82. The average molecular weight is 609 g/mol. The van der Waals surface area contributed by atoms with Gasteiger partial charge in [0.25, 0.3) is 18.7 Å². The molecule has 1 fully saturated rings. The summed E-state index contributed by atoms with van der Waals surface area (Å²) in [7, 11) is 0. The number of thioether (sulfide) groups is 2. The topological polar surface area (TPSA) is 186 Å². The first kappa shape index (κ1) is 27.0. The van der Waals surface area contributed by atoms with Crippen molar-refractivity contribution in [2.75, 3.05) is 18.3 Å². The largest absolute Gasteiger partial charge is 0.477 e. The molecule has 0 aromatic carbocycles. The fraction of sp³-hybridized carbons (Fsp3) is 0.238. The predicted molar refractivity (Wildman–Crippen MR) is 145 cm³/mol. The second kappa shape index (κ2) is 11.2. The van der Waals surface area contributed by atoms with Gasteiger partial charge in [0.15, 0.2) is 9.47 Å². The number of thiazole rings is 1. The van der Waals surface area contributed by atoms with Crippen molar-refractivity contribution in [3.05, 3.63) is 46.4 Å². The first-order valence-corrected chi connectivity index (χ1v) is 14.4. The number of aryl methyl sites for hydroxylation is 1. The van der Waals surface area contributed by atoms with Crippen molar-refractivity contribution in [1.29, 1.82) is 0 Å². The van der Waals surface area contributed by atoms with Crippen LogP contribution in [0.4, 0.5) is 9.52 Å². The number of carboxylic acids is 1. The molecule has 13 nitrogen and oxygen atoms in total. The minimum absolute atomic E-state index is 0.0457. The average Bonchev–Trinajstić information content (AvgIpc) is 3.53. The number of alkyl halides is 1. The minimum atomic E-state index is -1.30. The number of carbonyl (C=O) groups is 3. The molecule has 0 spiro atoms. The van der Waals surface area contributed by atoms with Crippen molar-refractivity contribution >= 4 is 85.4 Å². The molecule has 0 unspecified atom stereocenters. The van der Waals surface area contributed by atoms with E-state index in [2.05, 4.69) is 34.6 Å². The van der Waals surface area contributed by atoms with E-state index in [4.69, 9.17) is 5.73 Å². The van der Waals surface area contributed by atoms with E-state index < -0.39 is 41.8 Å². The molecule has 3 aromatic rings. The van der Waals surface area contributed by atoms with Crippen LogP contribution in [0.1, 0.15) is 11.4 Å². The number of nitrogens with zero attached hydrogens (tertiary/aromatic N) is 6. The Morgan fingerprint density at radius 3 is 2.95 bits per heavy atom. The van der Waals surface area contributed by atoms with Gasteiger partial charge in [-0.1, -0.05) is 28.3 Å². The van der Waals surface area contributed by atoms with Crippen LogP contribution in [0, 0.1) is 6.92 Å². The molecule has 2 aliphatic heterocycles. The molecule has 2 aliphatic rings. The fourth-order valence-electron chi connectivity index (χ4n) is 3.74. The highest BCUT2D eigenvalue weighted by atomic mass is 32.2. The summed E-state index contributed by atoms with van der Waals surface area (Å²) in [5.74, 6) is -2.72. The zero-order chi connectivity index (χ0) is 27.7. The minimum Gasteiger partial charge on any atom is -0.477 e. The molecule has 0 bridgehead atoms. The lowest BCUT2D eigenvalue weighted by Crippen LogP contribution is -2.71. The number of nitrogens with two attached hydrogens (primary N) is 1. The molecule has 0 radical (unpaired) electrons. The summed E-state index contributed by atoms with van der Waals surface area (Å²) in [4.78, 5) is 56.9. The number of nitrogen functional groups attached to an aromatic ring is 1. The Balaban J connectivity index is 1.31. The van der Waals surface area contributed by atoms with Crippen LogP contribution in [0.2, 0.25) is 0 Å². The van der Waals surface area contributed by atoms with Crippen molar-refractivity contribution in [1.82, 2.24) is 29.5 Å². The van der Waals surface area contributed by atoms with Crippen molar-refractivity contribution in [3.63, 3.8) is 0 Å². The number of hydrogen-bond donors (Lipinski definition) is 3. The van der Waals surface area contributed by atoms with Gasteiger partial charge >= 0.3 is 5.97 Å². The van der Waals surface area contributed by atoms with Crippen molar-refractivity contribution in [2.24, 2.45) is 5.16 Å². The van der Waals surface area contributed by atoms with Gasteiger partial charge in [-0.15, -0.1) is 11.8 Å². The zero-order valence-electron chi connectivity index (χ0n) is 19.7. The SMILES string of the molecule is Cc1ccnc2sc(S/C=C/C3=C(C(=O)O)N4C(=O)[C@@H](NC(=O)/C(=N\OCF)c5nsc(N)n5)[C@H]4SC3)nc12. The van der Waals surface area contributed by atoms with Crippen LogP contribution >= 0.6 is 46.4 Å². The fourth-order valence-corrected chi connectivity index (χ4v) is 7.30. The lowest BCUT2D eigenvalue weighted by Gasteiger charge is -2.49. The maximum Gasteiger partial charge on any atom is 0.352 e. The highest BCUT2D eigenvalue weighted by Gasteiger charge is 2.54. The quantitative estimate of drug-likeness (QED) is 0.139. The number of anilines is 1. The first-order valence-electron chi connectivity index (χ1n) is 10.9. The third-order valence-electron chi connectivity index (χ3n) is 5.48. The van der Waals surface area contributed by atoms with E-state index in [0.717, 1.165) is 36.7 Å². The molecule has 3 aromatic heterocycles. The Morgan fingerprint density at radius 2 is 2.26 bits per heavy atom. The normalized spacial score (nSPS) is 19.4. The lowest BCUT2D eigenvalue weighted by atomic mass is 10.0. The number of β-lactam (4-membered cyclic amide) rings is 1. The summed E-state index contributed by atoms with van der Waals surface area (Å²) in [6.07, 6.45) is 3.36. The molecular formula is C21H17FN8O5S4. The summed E-state index contributed by atoms with van der Waals surface area (Å²) in [5.41, 5.74) is 7.17. The maximum absolute atomic E-state index is 13.0.